The van der Waals surface area contributed by atoms with Gasteiger partial charge in [0.15, 0.2) is 0 Å². The molecule has 0 spiro atoms. The minimum atomic E-state index is -0.694. The SMILES string of the molecule is C[C@H](O)c1ccc(N2CCNCC2)c([N+](=O)[O-])c1. The van der Waals surface area contributed by atoms with Gasteiger partial charge in [0.05, 0.1) is 11.0 Å². The van der Waals surface area contributed by atoms with E-state index in [0.29, 0.717) is 11.3 Å². The van der Waals surface area contributed by atoms with Crippen molar-refractivity contribution < 1.29 is 10.0 Å². The Balaban J connectivity index is 2.36. The summed E-state index contributed by atoms with van der Waals surface area (Å²) in [6, 6.07) is 4.93. The molecule has 1 atom stereocenters. The van der Waals surface area contributed by atoms with Crippen LogP contribution in [0.2, 0.25) is 0 Å². The van der Waals surface area contributed by atoms with E-state index in [1.165, 1.54) is 6.07 Å². The van der Waals surface area contributed by atoms with E-state index in [0.717, 1.165) is 26.2 Å². The van der Waals surface area contributed by atoms with Gasteiger partial charge < -0.3 is 15.3 Å². The average molecular weight is 251 g/mol. The molecule has 0 unspecified atom stereocenters. The van der Waals surface area contributed by atoms with E-state index in [1.807, 2.05) is 4.90 Å². The Morgan fingerprint density at radius 1 is 1.44 bits per heavy atom. The van der Waals surface area contributed by atoms with Crippen LogP contribution in [0.25, 0.3) is 0 Å². The smallest absolute Gasteiger partial charge is 0.292 e. The molecule has 2 rings (SSSR count). The Hall–Kier alpha value is -1.66. The number of hydrogen-bond donors (Lipinski definition) is 2. The molecule has 2 N–H and O–H groups in total. The molecule has 1 aliphatic rings. The molecule has 1 fully saturated rings. The van der Waals surface area contributed by atoms with E-state index in [2.05, 4.69) is 5.32 Å². The van der Waals surface area contributed by atoms with Crippen molar-refractivity contribution in [1.29, 1.82) is 0 Å². The van der Waals surface area contributed by atoms with Crippen LogP contribution < -0.4 is 10.2 Å². The third kappa shape index (κ3) is 2.60. The van der Waals surface area contributed by atoms with E-state index >= 15 is 0 Å². The number of hydrogen-bond acceptors (Lipinski definition) is 5. The number of nitrogens with one attached hydrogen (secondary N) is 1. The highest BCUT2D eigenvalue weighted by Gasteiger charge is 2.22. The lowest BCUT2D eigenvalue weighted by molar-refractivity contribution is -0.384. The predicted octanol–water partition coefficient (Wildman–Crippen LogP) is 1.06. The van der Waals surface area contributed by atoms with Gasteiger partial charge >= 0.3 is 0 Å². The summed E-state index contributed by atoms with van der Waals surface area (Å²) in [5, 5.41) is 23.8. The maximum absolute atomic E-state index is 11.1. The van der Waals surface area contributed by atoms with Crippen LogP contribution in [-0.2, 0) is 0 Å². The number of nitrogens with zero attached hydrogens (tertiary/aromatic N) is 2. The van der Waals surface area contributed by atoms with Crippen LogP contribution in [-0.4, -0.2) is 36.2 Å². The molecule has 0 aromatic heterocycles. The molecule has 1 heterocycles. The monoisotopic (exact) mass is 251 g/mol. The van der Waals surface area contributed by atoms with Crippen LogP contribution in [0.3, 0.4) is 0 Å². The topological polar surface area (TPSA) is 78.6 Å². The van der Waals surface area contributed by atoms with Gasteiger partial charge in [0.1, 0.15) is 5.69 Å². The highest BCUT2D eigenvalue weighted by Crippen LogP contribution is 2.31. The predicted molar refractivity (Wildman–Crippen MR) is 68.8 cm³/mol. The molecule has 1 saturated heterocycles. The number of nitro groups is 1. The van der Waals surface area contributed by atoms with E-state index in [4.69, 9.17) is 0 Å². The maximum Gasteiger partial charge on any atom is 0.292 e. The molecule has 0 bridgehead atoms. The number of anilines is 1. The van der Waals surface area contributed by atoms with Gasteiger partial charge in [0.2, 0.25) is 0 Å². The first-order chi connectivity index (χ1) is 8.59. The van der Waals surface area contributed by atoms with Gasteiger partial charge in [0, 0.05) is 32.2 Å². The van der Waals surface area contributed by atoms with E-state index < -0.39 is 6.10 Å². The van der Waals surface area contributed by atoms with Crippen LogP contribution >= 0.6 is 0 Å². The zero-order valence-electron chi connectivity index (χ0n) is 10.3. The summed E-state index contributed by atoms with van der Waals surface area (Å²) in [6.45, 7) is 4.78. The van der Waals surface area contributed by atoms with Crippen LogP contribution in [0.15, 0.2) is 18.2 Å². The minimum Gasteiger partial charge on any atom is -0.389 e. The largest absolute Gasteiger partial charge is 0.389 e. The summed E-state index contributed by atoms with van der Waals surface area (Å²) >= 11 is 0. The molecule has 18 heavy (non-hydrogen) atoms. The van der Waals surface area contributed by atoms with E-state index in [9.17, 15) is 15.2 Å². The quantitative estimate of drug-likeness (QED) is 0.620. The zero-order chi connectivity index (χ0) is 13.1. The van der Waals surface area contributed by atoms with Crippen LogP contribution in [0.5, 0.6) is 0 Å². The molecule has 0 amide bonds. The van der Waals surface area contributed by atoms with Gasteiger partial charge in [-0.2, -0.15) is 0 Å². The number of rotatable bonds is 3. The number of benzene rings is 1. The normalized spacial score (nSPS) is 17.6. The van der Waals surface area contributed by atoms with Crippen LogP contribution in [0, 0.1) is 10.1 Å². The third-order valence-electron chi connectivity index (χ3n) is 3.14. The second-order valence-electron chi connectivity index (χ2n) is 4.42. The summed E-state index contributed by atoms with van der Waals surface area (Å²) in [6.07, 6.45) is -0.694. The summed E-state index contributed by atoms with van der Waals surface area (Å²) in [7, 11) is 0. The average Bonchev–Trinajstić information content (AvgIpc) is 2.39. The summed E-state index contributed by atoms with van der Waals surface area (Å²) < 4.78 is 0. The van der Waals surface area contributed by atoms with Gasteiger partial charge in [-0.1, -0.05) is 6.07 Å². The first kappa shape index (κ1) is 12.8. The molecule has 98 valence electrons. The number of aliphatic hydroxyl groups excluding tert-OH is 1. The van der Waals surface area contributed by atoms with Gasteiger partial charge in [0.25, 0.3) is 5.69 Å². The Labute approximate surface area is 105 Å². The Bertz CT molecular complexity index is 442. The van der Waals surface area contributed by atoms with Crippen molar-refractivity contribution in [3.63, 3.8) is 0 Å². The van der Waals surface area contributed by atoms with Crippen LogP contribution in [0.4, 0.5) is 11.4 Å². The highest BCUT2D eigenvalue weighted by atomic mass is 16.6. The first-order valence-electron chi connectivity index (χ1n) is 6.01. The first-order valence-corrected chi connectivity index (χ1v) is 6.01. The van der Waals surface area contributed by atoms with E-state index in [1.54, 1.807) is 19.1 Å². The molecule has 6 nitrogen and oxygen atoms in total. The van der Waals surface area contributed by atoms with Crippen molar-refractivity contribution >= 4 is 11.4 Å². The minimum absolute atomic E-state index is 0.0651. The third-order valence-corrected chi connectivity index (χ3v) is 3.14. The lowest BCUT2D eigenvalue weighted by Gasteiger charge is -2.29. The molecule has 0 aliphatic carbocycles. The van der Waals surface area contributed by atoms with Gasteiger partial charge in [-0.3, -0.25) is 10.1 Å². The van der Waals surface area contributed by atoms with Crippen molar-refractivity contribution in [2.24, 2.45) is 0 Å². The fourth-order valence-electron chi connectivity index (χ4n) is 2.12. The summed E-state index contributed by atoms with van der Waals surface area (Å²) in [5.41, 5.74) is 1.27. The molecule has 1 aromatic rings. The molecular formula is C12H17N3O3. The Morgan fingerprint density at radius 3 is 2.67 bits per heavy atom. The van der Waals surface area contributed by atoms with Gasteiger partial charge in [-0.25, -0.2) is 0 Å². The van der Waals surface area contributed by atoms with Crippen molar-refractivity contribution in [1.82, 2.24) is 5.32 Å². The standard InChI is InChI=1S/C12H17N3O3/c1-9(16)10-2-3-11(12(8-10)15(17)18)14-6-4-13-5-7-14/h2-3,8-9,13,16H,4-7H2,1H3/t9-/m0/s1. The Kier molecular flexibility index (Phi) is 3.78. The fourth-order valence-corrected chi connectivity index (χ4v) is 2.12. The molecular weight excluding hydrogens is 234 g/mol. The highest BCUT2D eigenvalue weighted by molar-refractivity contribution is 5.64. The molecule has 1 aromatic carbocycles. The van der Waals surface area contributed by atoms with Crippen molar-refractivity contribution in [2.75, 3.05) is 31.1 Å². The number of piperazine rings is 1. The molecule has 6 heteroatoms. The lowest BCUT2D eigenvalue weighted by atomic mass is 10.1. The van der Waals surface area contributed by atoms with Gasteiger partial charge in [-0.05, 0) is 18.6 Å². The van der Waals surface area contributed by atoms with Crippen molar-refractivity contribution in [3.8, 4) is 0 Å². The van der Waals surface area contributed by atoms with E-state index in [-0.39, 0.29) is 10.6 Å². The summed E-state index contributed by atoms with van der Waals surface area (Å²) in [5.74, 6) is 0. The zero-order valence-corrected chi connectivity index (χ0v) is 10.3. The lowest BCUT2D eigenvalue weighted by Crippen LogP contribution is -2.43. The summed E-state index contributed by atoms with van der Waals surface area (Å²) in [4.78, 5) is 12.7. The fraction of sp³-hybridized carbons (Fsp3) is 0.500. The molecule has 0 saturated carbocycles. The maximum atomic E-state index is 11.1. The molecule has 1 aliphatic heterocycles. The van der Waals surface area contributed by atoms with Crippen LogP contribution in [0.1, 0.15) is 18.6 Å². The second-order valence-corrected chi connectivity index (χ2v) is 4.42. The molecule has 0 radical (unpaired) electrons. The number of aliphatic hydroxyl groups is 1. The second kappa shape index (κ2) is 5.32. The number of nitro benzene ring substituents is 1. The van der Waals surface area contributed by atoms with Crippen molar-refractivity contribution in [3.05, 3.63) is 33.9 Å². The Morgan fingerprint density at radius 2 is 2.11 bits per heavy atom. The van der Waals surface area contributed by atoms with Crippen molar-refractivity contribution in [2.45, 2.75) is 13.0 Å². The van der Waals surface area contributed by atoms with Gasteiger partial charge in [-0.15, -0.1) is 0 Å².